The van der Waals surface area contributed by atoms with Crippen molar-refractivity contribution in [2.24, 2.45) is 11.3 Å². The second-order valence-electron chi connectivity index (χ2n) is 7.90. The van der Waals surface area contributed by atoms with Crippen molar-refractivity contribution in [3.05, 3.63) is 92.5 Å². The summed E-state index contributed by atoms with van der Waals surface area (Å²) < 4.78 is 0. The maximum absolute atomic E-state index is 6.21. The van der Waals surface area contributed by atoms with Crippen LogP contribution in [0.25, 0.3) is 0 Å². The van der Waals surface area contributed by atoms with Crippen molar-refractivity contribution >= 4 is 23.2 Å². The summed E-state index contributed by atoms with van der Waals surface area (Å²) in [5.74, 6) is 0.524. The number of nitrogens with one attached hydrogen (secondary N) is 1. The molecule has 1 spiro atoms. The molecule has 2 atom stereocenters. The van der Waals surface area contributed by atoms with Crippen LogP contribution in [-0.2, 0) is 5.41 Å². The van der Waals surface area contributed by atoms with Crippen LogP contribution in [-0.4, -0.2) is 13.1 Å². The highest BCUT2D eigenvalue weighted by Gasteiger charge is 2.82. The van der Waals surface area contributed by atoms with Gasteiger partial charge in [0.2, 0.25) is 0 Å². The van der Waals surface area contributed by atoms with Gasteiger partial charge >= 0.3 is 0 Å². The molecule has 3 heteroatoms. The largest absolute Gasteiger partial charge is 0.313 e. The van der Waals surface area contributed by atoms with Crippen molar-refractivity contribution in [2.45, 2.75) is 19.3 Å². The first-order valence-electron chi connectivity index (χ1n) is 9.14. The van der Waals surface area contributed by atoms with Gasteiger partial charge in [-0.15, -0.1) is 0 Å². The quantitative estimate of drug-likeness (QED) is 0.695. The Labute approximate surface area is 164 Å². The van der Waals surface area contributed by atoms with Gasteiger partial charge in [-0.2, -0.15) is 0 Å². The van der Waals surface area contributed by atoms with Crippen LogP contribution in [0.3, 0.4) is 0 Å². The fourth-order valence-corrected chi connectivity index (χ4v) is 6.01. The van der Waals surface area contributed by atoms with Gasteiger partial charge in [-0.25, -0.2) is 0 Å². The third-order valence-corrected chi connectivity index (χ3v) is 7.14. The van der Waals surface area contributed by atoms with Gasteiger partial charge in [-0.05, 0) is 60.4 Å². The molecule has 2 aromatic carbocycles. The molecule has 2 unspecified atom stereocenters. The smallest absolute Gasteiger partial charge is 0.0406 e. The van der Waals surface area contributed by atoms with Gasteiger partial charge in [0.25, 0.3) is 0 Å². The van der Waals surface area contributed by atoms with E-state index in [2.05, 4.69) is 49.5 Å². The van der Waals surface area contributed by atoms with Crippen LogP contribution < -0.4 is 5.32 Å². The number of rotatable bonds is 2. The lowest BCUT2D eigenvalue weighted by Crippen LogP contribution is -2.38. The number of halogens is 2. The molecule has 0 bridgehead atoms. The summed E-state index contributed by atoms with van der Waals surface area (Å²) in [6, 6.07) is 16.9. The molecule has 1 N–H and O–H groups in total. The van der Waals surface area contributed by atoms with Crippen LogP contribution in [0.5, 0.6) is 0 Å². The molecule has 3 aliphatic rings. The molecule has 26 heavy (non-hydrogen) atoms. The summed E-state index contributed by atoms with van der Waals surface area (Å²) in [5, 5.41) is 5.20. The monoisotopic (exact) mass is 381 g/mol. The molecule has 1 saturated carbocycles. The fraction of sp³-hybridized carbons (Fsp3) is 0.304. The van der Waals surface area contributed by atoms with E-state index >= 15 is 0 Å². The van der Waals surface area contributed by atoms with Gasteiger partial charge < -0.3 is 5.32 Å². The van der Waals surface area contributed by atoms with E-state index in [1.165, 1.54) is 27.8 Å². The SMILES string of the molecule is CC(C)=C1C=C2CNCC3C21C3(c1ccc(Cl)cc1)c1ccc(Cl)cc1. The van der Waals surface area contributed by atoms with E-state index < -0.39 is 0 Å². The topological polar surface area (TPSA) is 12.0 Å². The summed E-state index contributed by atoms with van der Waals surface area (Å²) >= 11 is 12.4. The average molecular weight is 382 g/mol. The normalized spacial score (nSPS) is 27.8. The molecule has 5 rings (SSSR count). The van der Waals surface area contributed by atoms with Crippen molar-refractivity contribution in [2.75, 3.05) is 13.1 Å². The number of hydrogen-bond donors (Lipinski definition) is 1. The maximum atomic E-state index is 6.21. The first-order valence-corrected chi connectivity index (χ1v) is 9.90. The Morgan fingerprint density at radius 1 is 0.885 bits per heavy atom. The molecule has 1 saturated heterocycles. The first-order chi connectivity index (χ1) is 12.5. The van der Waals surface area contributed by atoms with Crippen LogP contribution in [0.1, 0.15) is 25.0 Å². The highest BCUT2D eigenvalue weighted by Crippen LogP contribution is 2.83. The Morgan fingerprint density at radius 2 is 1.42 bits per heavy atom. The molecular formula is C23H21Cl2N. The predicted molar refractivity (Wildman–Crippen MR) is 109 cm³/mol. The lowest BCUT2D eigenvalue weighted by Gasteiger charge is -2.40. The van der Waals surface area contributed by atoms with Gasteiger partial charge in [0.15, 0.2) is 0 Å². The zero-order valence-electron chi connectivity index (χ0n) is 14.9. The molecule has 132 valence electrons. The first kappa shape index (κ1) is 16.6. The number of hydrogen-bond acceptors (Lipinski definition) is 1. The van der Waals surface area contributed by atoms with Crippen molar-refractivity contribution in [3.63, 3.8) is 0 Å². The minimum atomic E-state index is -0.0393. The molecule has 1 aliphatic heterocycles. The van der Waals surface area contributed by atoms with Crippen LogP contribution in [0.4, 0.5) is 0 Å². The number of benzene rings is 2. The molecule has 2 aliphatic carbocycles. The van der Waals surface area contributed by atoms with E-state index in [0.717, 1.165) is 23.1 Å². The third-order valence-electron chi connectivity index (χ3n) is 6.64. The molecule has 0 amide bonds. The number of piperidine rings is 1. The van der Waals surface area contributed by atoms with Gasteiger partial charge in [-0.3, -0.25) is 0 Å². The lowest BCUT2D eigenvalue weighted by atomic mass is 9.65. The zero-order valence-corrected chi connectivity index (χ0v) is 16.5. The summed E-state index contributed by atoms with van der Waals surface area (Å²) in [5.41, 5.74) is 7.26. The molecule has 2 aromatic rings. The summed E-state index contributed by atoms with van der Waals surface area (Å²) in [6.07, 6.45) is 2.40. The molecule has 2 fully saturated rings. The molecule has 1 heterocycles. The summed E-state index contributed by atoms with van der Waals surface area (Å²) in [4.78, 5) is 0. The Bertz CT molecular complexity index is 903. The molecule has 0 radical (unpaired) electrons. The van der Waals surface area contributed by atoms with Crippen LogP contribution in [0.15, 0.2) is 71.3 Å². The summed E-state index contributed by atoms with van der Waals surface area (Å²) in [7, 11) is 0. The lowest BCUT2D eigenvalue weighted by molar-refractivity contribution is 0.472. The number of allylic oxidation sites excluding steroid dienone is 3. The van der Waals surface area contributed by atoms with Crippen LogP contribution in [0, 0.1) is 11.3 Å². The Kier molecular flexibility index (Phi) is 3.50. The fourth-order valence-electron chi connectivity index (χ4n) is 5.76. The highest BCUT2D eigenvalue weighted by atomic mass is 35.5. The maximum Gasteiger partial charge on any atom is 0.0406 e. The van der Waals surface area contributed by atoms with Gasteiger partial charge in [-0.1, -0.05) is 59.1 Å². The minimum absolute atomic E-state index is 0.0393. The van der Waals surface area contributed by atoms with E-state index in [1.807, 2.05) is 24.3 Å². The van der Waals surface area contributed by atoms with Gasteiger partial charge in [0.1, 0.15) is 0 Å². The van der Waals surface area contributed by atoms with E-state index in [0.29, 0.717) is 5.92 Å². The summed E-state index contributed by atoms with van der Waals surface area (Å²) in [6.45, 7) is 6.49. The third kappa shape index (κ3) is 1.82. The molecular weight excluding hydrogens is 361 g/mol. The van der Waals surface area contributed by atoms with E-state index in [1.54, 1.807) is 0 Å². The average Bonchev–Trinajstić information content (AvgIpc) is 3.26. The second kappa shape index (κ2) is 5.48. The van der Waals surface area contributed by atoms with Crippen molar-refractivity contribution in [3.8, 4) is 0 Å². The van der Waals surface area contributed by atoms with Gasteiger partial charge in [0, 0.05) is 39.9 Å². The second-order valence-corrected chi connectivity index (χ2v) is 8.77. The Morgan fingerprint density at radius 3 is 1.92 bits per heavy atom. The molecule has 0 aromatic heterocycles. The van der Waals surface area contributed by atoms with Crippen molar-refractivity contribution in [1.29, 1.82) is 0 Å². The van der Waals surface area contributed by atoms with Crippen LogP contribution >= 0.6 is 23.2 Å². The standard InChI is InChI=1S/C23H21Cl2N/c1-14(2)20-11-17-12-26-13-21-22(23(17,20)21,15-3-7-18(24)8-4-15)16-5-9-19(25)10-6-16/h3-11,21,26H,12-13H2,1-2H3. The Balaban J connectivity index is 1.80. The zero-order chi connectivity index (χ0) is 18.1. The predicted octanol–water partition coefficient (Wildman–Crippen LogP) is 5.78. The minimum Gasteiger partial charge on any atom is -0.313 e. The highest BCUT2D eigenvalue weighted by molar-refractivity contribution is 6.30. The van der Waals surface area contributed by atoms with Crippen molar-refractivity contribution < 1.29 is 0 Å². The van der Waals surface area contributed by atoms with E-state index in [4.69, 9.17) is 23.2 Å². The van der Waals surface area contributed by atoms with Crippen LogP contribution in [0.2, 0.25) is 10.0 Å². The van der Waals surface area contributed by atoms with E-state index in [-0.39, 0.29) is 10.8 Å². The Hall–Kier alpha value is -1.54. The van der Waals surface area contributed by atoms with Gasteiger partial charge in [0.05, 0.1) is 0 Å². The molecule has 1 nitrogen and oxygen atoms in total. The van der Waals surface area contributed by atoms with Crippen molar-refractivity contribution in [1.82, 2.24) is 5.32 Å². The van der Waals surface area contributed by atoms with E-state index in [9.17, 15) is 0 Å².